The van der Waals surface area contributed by atoms with E-state index < -0.39 is 30.1 Å². The molecule has 10 heteroatoms. The molecule has 2 N–H and O–H groups in total. The van der Waals surface area contributed by atoms with Gasteiger partial charge < -0.3 is 5.32 Å². The number of aromatic nitrogens is 4. The smallest absolute Gasteiger partial charge is 0.326 e. The van der Waals surface area contributed by atoms with Crippen LogP contribution >= 0.6 is 0 Å². The lowest BCUT2D eigenvalue weighted by Crippen LogP contribution is -2.25. The molecule has 0 radical (unpaired) electrons. The third-order valence-electron chi connectivity index (χ3n) is 2.84. The van der Waals surface area contributed by atoms with E-state index in [1.54, 1.807) is 0 Å². The largest absolute Gasteiger partial charge is 0.389 e. The number of alkyl halides is 3. The Morgan fingerprint density at radius 2 is 2.00 bits per heavy atom. The number of rotatable bonds is 4. The van der Waals surface area contributed by atoms with E-state index in [4.69, 9.17) is 0 Å². The molecule has 7 nitrogen and oxygen atoms in total. The molecule has 2 rings (SSSR count). The van der Waals surface area contributed by atoms with Crippen molar-refractivity contribution < 1.29 is 18.0 Å². The number of carbonyl (C=O) groups is 1. The number of halogens is 3. The van der Waals surface area contributed by atoms with Crippen molar-refractivity contribution in [3.05, 3.63) is 34.7 Å². The molecule has 2 aromatic rings. The Morgan fingerprint density at radius 3 is 2.50 bits per heavy atom. The quantitative estimate of drug-likeness (QED) is 0.894. The monoisotopic (exact) mass is 315 g/mol. The summed E-state index contributed by atoms with van der Waals surface area (Å²) in [4.78, 5) is 23.0. The molecule has 0 fully saturated rings. The van der Waals surface area contributed by atoms with Crippen molar-refractivity contribution in [3.63, 3.8) is 0 Å². The number of amides is 1. The molecule has 1 amide bonds. The zero-order valence-corrected chi connectivity index (χ0v) is 11.4. The molecule has 0 aliphatic heterocycles. The van der Waals surface area contributed by atoms with E-state index in [2.05, 4.69) is 20.8 Å². The number of tetrazole rings is 1. The molecule has 22 heavy (non-hydrogen) atoms. The number of benzene rings is 1. The van der Waals surface area contributed by atoms with Gasteiger partial charge in [0.15, 0.2) is 0 Å². The Hall–Kier alpha value is -2.65. The second kappa shape index (κ2) is 6.00. The first kappa shape index (κ1) is 15.7. The summed E-state index contributed by atoms with van der Waals surface area (Å²) in [6, 6.07) is 5.87. The van der Waals surface area contributed by atoms with Gasteiger partial charge in [-0.2, -0.15) is 17.9 Å². The third kappa shape index (κ3) is 3.93. The Balaban J connectivity index is 2.04. The molecular formula is C12H12F3N5O2. The lowest BCUT2D eigenvalue weighted by Gasteiger charge is -2.14. The van der Waals surface area contributed by atoms with Gasteiger partial charge in [0.2, 0.25) is 5.91 Å². The zero-order chi connectivity index (χ0) is 16.3. The molecule has 1 unspecified atom stereocenters. The van der Waals surface area contributed by atoms with Crippen LogP contribution in [0.4, 0.5) is 18.9 Å². The van der Waals surface area contributed by atoms with Crippen LogP contribution in [0.1, 0.15) is 13.3 Å². The molecule has 1 atom stereocenters. The molecule has 0 aliphatic rings. The molecule has 1 aromatic carbocycles. The summed E-state index contributed by atoms with van der Waals surface area (Å²) in [5, 5.41) is 11.4. The lowest BCUT2D eigenvalue weighted by molar-refractivity contribution is -0.150. The Kier molecular flexibility index (Phi) is 4.29. The minimum Gasteiger partial charge on any atom is -0.326 e. The fraction of sp³-hybridized carbons (Fsp3) is 0.333. The van der Waals surface area contributed by atoms with E-state index >= 15 is 0 Å². The fourth-order valence-corrected chi connectivity index (χ4v) is 1.76. The Labute approximate surface area is 122 Å². The first-order valence-corrected chi connectivity index (χ1v) is 6.25. The lowest BCUT2D eigenvalue weighted by atomic mass is 10.1. The van der Waals surface area contributed by atoms with E-state index in [1.807, 2.05) is 0 Å². The molecular weight excluding hydrogens is 303 g/mol. The van der Waals surface area contributed by atoms with Crippen molar-refractivity contribution in [1.29, 1.82) is 0 Å². The number of hydrogen-bond acceptors (Lipinski definition) is 4. The minimum absolute atomic E-state index is 0.319. The molecule has 1 heterocycles. The van der Waals surface area contributed by atoms with Crippen molar-refractivity contribution in [2.45, 2.75) is 19.5 Å². The summed E-state index contributed by atoms with van der Waals surface area (Å²) >= 11 is 0. The number of H-pyrrole nitrogens is 1. The Morgan fingerprint density at radius 1 is 1.36 bits per heavy atom. The van der Waals surface area contributed by atoms with Crippen LogP contribution in [0.5, 0.6) is 0 Å². The SMILES string of the molecule is CC(CC(F)(F)F)C(=O)Nc1ccc(-n2nn[nH]c2=O)cc1. The van der Waals surface area contributed by atoms with Gasteiger partial charge in [0.05, 0.1) is 12.1 Å². The van der Waals surface area contributed by atoms with Gasteiger partial charge in [-0.05, 0) is 34.7 Å². The maximum Gasteiger partial charge on any atom is 0.389 e. The van der Waals surface area contributed by atoms with Crippen molar-refractivity contribution in [1.82, 2.24) is 20.2 Å². The molecule has 1 aromatic heterocycles. The van der Waals surface area contributed by atoms with Crippen LogP contribution in [0.2, 0.25) is 0 Å². The van der Waals surface area contributed by atoms with Crippen molar-refractivity contribution in [3.8, 4) is 5.69 Å². The highest BCUT2D eigenvalue weighted by atomic mass is 19.4. The van der Waals surface area contributed by atoms with Crippen LogP contribution < -0.4 is 11.0 Å². The van der Waals surface area contributed by atoms with Crippen LogP contribution in [0.15, 0.2) is 29.1 Å². The van der Waals surface area contributed by atoms with Gasteiger partial charge in [-0.15, -0.1) is 0 Å². The van der Waals surface area contributed by atoms with E-state index in [0.717, 1.165) is 4.68 Å². The highest BCUT2D eigenvalue weighted by molar-refractivity contribution is 5.92. The summed E-state index contributed by atoms with van der Waals surface area (Å²) in [5.41, 5.74) is 0.190. The zero-order valence-electron chi connectivity index (χ0n) is 11.4. The third-order valence-corrected chi connectivity index (χ3v) is 2.84. The first-order chi connectivity index (χ1) is 10.3. The van der Waals surface area contributed by atoms with Gasteiger partial charge in [-0.3, -0.25) is 4.79 Å². The maximum atomic E-state index is 12.2. The first-order valence-electron chi connectivity index (χ1n) is 6.25. The minimum atomic E-state index is -4.39. The number of carbonyl (C=O) groups excluding carboxylic acids is 1. The summed E-state index contributed by atoms with van der Waals surface area (Å²) in [6.45, 7) is 1.20. The average molecular weight is 315 g/mol. The summed E-state index contributed by atoms with van der Waals surface area (Å²) < 4.78 is 37.7. The van der Waals surface area contributed by atoms with Gasteiger partial charge in [-0.25, -0.2) is 9.89 Å². The fourth-order valence-electron chi connectivity index (χ4n) is 1.76. The molecule has 0 spiro atoms. The molecule has 0 aliphatic carbocycles. The predicted molar refractivity (Wildman–Crippen MR) is 70.4 cm³/mol. The van der Waals surface area contributed by atoms with E-state index in [-0.39, 0.29) is 0 Å². The summed E-state index contributed by atoms with van der Waals surface area (Å²) in [6.07, 6.45) is -5.58. The van der Waals surface area contributed by atoms with Crippen molar-refractivity contribution in [2.24, 2.45) is 5.92 Å². The normalized spacial score (nSPS) is 12.9. The van der Waals surface area contributed by atoms with E-state index in [0.29, 0.717) is 11.4 Å². The number of aromatic amines is 1. The van der Waals surface area contributed by atoms with Crippen molar-refractivity contribution in [2.75, 3.05) is 5.32 Å². The van der Waals surface area contributed by atoms with Gasteiger partial charge in [0.25, 0.3) is 0 Å². The Bertz CT molecular complexity index is 705. The van der Waals surface area contributed by atoms with Crippen LogP contribution in [-0.2, 0) is 4.79 Å². The average Bonchev–Trinajstić information content (AvgIpc) is 2.84. The van der Waals surface area contributed by atoms with Crippen LogP contribution in [0.3, 0.4) is 0 Å². The van der Waals surface area contributed by atoms with Crippen molar-refractivity contribution >= 4 is 11.6 Å². The number of nitrogens with zero attached hydrogens (tertiary/aromatic N) is 3. The number of nitrogens with one attached hydrogen (secondary N) is 2. The number of anilines is 1. The second-order valence-corrected chi connectivity index (χ2v) is 4.67. The van der Waals surface area contributed by atoms with Crippen LogP contribution in [0.25, 0.3) is 5.69 Å². The standard InChI is InChI=1S/C12H12F3N5O2/c1-7(6-12(13,14)15)10(21)16-8-2-4-9(5-3-8)20-11(22)17-18-19-20/h2-5,7H,6H2,1H3,(H,16,21)(H,17,19,22). The van der Waals surface area contributed by atoms with Crippen LogP contribution in [0, 0.1) is 5.92 Å². The highest BCUT2D eigenvalue weighted by Gasteiger charge is 2.32. The summed E-state index contributed by atoms with van der Waals surface area (Å²) in [7, 11) is 0. The number of hydrogen-bond donors (Lipinski definition) is 2. The maximum absolute atomic E-state index is 12.2. The molecule has 0 saturated heterocycles. The molecule has 118 valence electrons. The highest BCUT2D eigenvalue weighted by Crippen LogP contribution is 2.25. The van der Waals surface area contributed by atoms with Gasteiger partial charge >= 0.3 is 11.9 Å². The van der Waals surface area contributed by atoms with Gasteiger partial charge in [0, 0.05) is 11.6 Å². The second-order valence-electron chi connectivity index (χ2n) is 4.67. The van der Waals surface area contributed by atoms with Gasteiger partial charge in [0.1, 0.15) is 0 Å². The topological polar surface area (TPSA) is 92.7 Å². The van der Waals surface area contributed by atoms with Gasteiger partial charge in [-0.1, -0.05) is 6.92 Å². The predicted octanol–water partition coefficient (Wildman–Crippen LogP) is 1.48. The molecule has 0 saturated carbocycles. The molecule has 0 bridgehead atoms. The van der Waals surface area contributed by atoms with E-state index in [9.17, 15) is 22.8 Å². The van der Waals surface area contributed by atoms with E-state index in [1.165, 1.54) is 31.2 Å². The van der Waals surface area contributed by atoms with Crippen LogP contribution in [-0.4, -0.2) is 32.3 Å². The summed E-state index contributed by atoms with van der Waals surface area (Å²) in [5.74, 6) is -1.93.